The fourth-order valence-electron chi connectivity index (χ4n) is 2.55. The van der Waals surface area contributed by atoms with Crippen LogP contribution in [0.4, 0.5) is 0 Å². The second-order valence-corrected chi connectivity index (χ2v) is 7.21. The minimum Gasteiger partial charge on any atom is -0.357 e. The van der Waals surface area contributed by atoms with Crippen molar-refractivity contribution < 1.29 is 4.79 Å². The summed E-state index contributed by atoms with van der Waals surface area (Å²) in [4.78, 5) is 16.1. The Balaban J connectivity index is 0.00000484. The Morgan fingerprint density at radius 1 is 1.30 bits per heavy atom. The van der Waals surface area contributed by atoms with Gasteiger partial charge in [0.25, 0.3) is 0 Å². The number of amides is 1. The van der Waals surface area contributed by atoms with Crippen molar-refractivity contribution in [3.05, 3.63) is 0 Å². The van der Waals surface area contributed by atoms with Crippen LogP contribution in [-0.4, -0.2) is 49.0 Å². The van der Waals surface area contributed by atoms with Crippen molar-refractivity contribution in [2.75, 3.05) is 25.9 Å². The highest BCUT2D eigenvalue weighted by molar-refractivity contribution is 14.0. The van der Waals surface area contributed by atoms with Gasteiger partial charge >= 0.3 is 0 Å². The quantitative estimate of drug-likeness (QED) is 0.239. The van der Waals surface area contributed by atoms with E-state index in [0.717, 1.165) is 17.8 Å². The van der Waals surface area contributed by atoms with Gasteiger partial charge in [-0.3, -0.25) is 9.79 Å². The maximum Gasteiger partial charge on any atom is 0.222 e. The second kappa shape index (κ2) is 13.1. The summed E-state index contributed by atoms with van der Waals surface area (Å²) in [5, 5.41) is 10.5. The standard InChI is InChI=1S/C16H32N4OS.HI/c1-5-17-16(19-10-9-18-15(21)12(2)3)20-13-7-6-8-14(11-13)22-4;/h12-14H,5-11H2,1-4H3,(H,18,21)(H2,17,19,20);1H. The van der Waals surface area contributed by atoms with Crippen LogP contribution < -0.4 is 16.0 Å². The van der Waals surface area contributed by atoms with Crippen molar-refractivity contribution in [2.45, 2.75) is 57.7 Å². The molecule has 3 N–H and O–H groups in total. The van der Waals surface area contributed by atoms with Gasteiger partial charge in [0.2, 0.25) is 5.91 Å². The summed E-state index contributed by atoms with van der Waals surface area (Å²) < 4.78 is 0. The maximum absolute atomic E-state index is 11.5. The van der Waals surface area contributed by atoms with Gasteiger partial charge in [0.05, 0.1) is 6.54 Å². The Hall–Kier alpha value is -0.180. The zero-order valence-corrected chi connectivity index (χ0v) is 18.0. The smallest absolute Gasteiger partial charge is 0.222 e. The van der Waals surface area contributed by atoms with Gasteiger partial charge in [-0.25, -0.2) is 0 Å². The van der Waals surface area contributed by atoms with Crippen molar-refractivity contribution in [1.29, 1.82) is 0 Å². The molecule has 1 aliphatic carbocycles. The zero-order chi connectivity index (χ0) is 16.4. The Bertz CT molecular complexity index is 366. The fraction of sp³-hybridized carbons (Fsp3) is 0.875. The molecule has 23 heavy (non-hydrogen) atoms. The molecule has 1 amide bonds. The molecule has 5 nitrogen and oxygen atoms in total. The predicted octanol–water partition coefficient (Wildman–Crippen LogP) is 2.61. The molecule has 0 aromatic rings. The van der Waals surface area contributed by atoms with Crippen LogP contribution in [0.25, 0.3) is 0 Å². The third-order valence-electron chi connectivity index (χ3n) is 3.85. The molecule has 1 fully saturated rings. The summed E-state index contributed by atoms with van der Waals surface area (Å²) in [7, 11) is 0. The lowest BCUT2D eigenvalue weighted by Crippen LogP contribution is -2.46. The number of nitrogens with zero attached hydrogens (tertiary/aromatic N) is 1. The minimum atomic E-state index is 0. The average molecular weight is 456 g/mol. The number of guanidine groups is 1. The number of thioether (sulfide) groups is 1. The molecule has 2 atom stereocenters. The van der Waals surface area contributed by atoms with Gasteiger partial charge in [-0.2, -0.15) is 11.8 Å². The molecular formula is C16H33IN4OS. The van der Waals surface area contributed by atoms with E-state index in [1.807, 2.05) is 25.6 Å². The van der Waals surface area contributed by atoms with Crippen molar-refractivity contribution in [3.63, 3.8) is 0 Å². The van der Waals surface area contributed by atoms with E-state index in [4.69, 9.17) is 0 Å². The van der Waals surface area contributed by atoms with E-state index in [1.165, 1.54) is 25.7 Å². The van der Waals surface area contributed by atoms with Crippen molar-refractivity contribution >= 4 is 47.6 Å². The van der Waals surface area contributed by atoms with Crippen LogP contribution in [-0.2, 0) is 4.79 Å². The van der Waals surface area contributed by atoms with Crippen LogP contribution in [0.3, 0.4) is 0 Å². The Morgan fingerprint density at radius 3 is 2.65 bits per heavy atom. The van der Waals surface area contributed by atoms with E-state index < -0.39 is 0 Å². The molecule has 0 heterocycles. The van der Waals surface area contributed by atoms with Crippen molar-refractivity contribution in [2.24, 2.45) is 10.9 Å². The zero-order valence-electron chi connectivity index (χ0n) is 14.9. The number of nitrogens with one attached hydrogen (secondary N) is 3. The number of carbonyl (C=O) groups excluding carboxylic acids is 1. The first kappa shape index (κ1) is 22.8. The fourth-order valence-corrected chi connectivity index (χ4v) is 3.38. The maximum atomic E-state index is 11.5. The van der Waals surface area contributed by atoms with E-state index in [-0.39, 0.29) is 35.8 Å². The summed E-state index contributed by atoms with van der Waals surface area (Å²) in [6.07, 6.45) is 7.23. The first-order valence-corrected chi connectivity index (χ1v) is 9.71. The third kappa shape index (κ3) is 9.64. The minimum absolute atomic E-state index is 0. The Morgan fingerprint density at radius 2 is 2.04 bits per heavy atom. The second-order valence-electron chi connectivity index (χ2n) is 6.07. The van der Waals surface area contributed by atoms with E-state index >= 15 is 0 Å². The molecule has 2 unspecified atom stereocenters. The number of halogens is 1. The summed E-state index contributed by atoms with van der Waals surface area (Å²) >= 11 is 1.97. The third-order valence-corrected chi connectivity index (χ3v) is 4.94. The molecule has 1 rings (SSSR count). The molecule has 0 radical (unpaired) electrons. The van der Waals surface area contributed by atoms with E-state index in [9.17, 15) is 4.79 Å². The number of hydrogen-bond donors (Lipinski definition) is 3. The molecule has 136 valence electrons. The van der Waals surface area contributed by atoms with Crippen LogP contribution >= 0.6 is 35.7 Å². The lowest BCUT2D eigenvalue weighted by atomic mass is 9.95. The first-order valence-electron chi connectivity index (χ1n) is 8.42. The average Bonchev–Trinajstić information content (AvgIpc) is 2.51. The highest BCUT2D eigenvalue weighted by Crippen LogP contribution is 2.26. The summed E-state index contributed by atoms with van der Waals surface area (Å²) in [6, 6.07) is 0.509. The van der Waals surface area contributed by atoms with Gasteiger partial charge in [-0.1, -0.05) is 20.3 Å². The van der Waals surface area contributed by atoms with E-state index in [2.05, 4.69) is 34.1 Å². The molecule has 0 spiro atoms. The molecule has 0 bridgehead atoms. The number of carbonyl (C=O) groups is 1. The highest BCUT2D eigenvalue weighted by atomic mass is 127. The van der Waals surface area contributed by atoms with Crippen LogP contribution in [0.1, 0.15) is 46.5 Å². The van der Waals surface area contributed by atoms with Gasteiger partial charge in [-0.05, 0) is 32.4 Å². The lowest BCUT2D eigenvalue weighted by molar-refractivity contribution is -0.123. The number of hydrogen-bond acceptors (Lipinski definition) is 3. The van der Waals surface area contributed by atoms with Gasteiger partial charge in [0.15, 0.2) is 5.96 Å². The summed E-state index contributed by atoms with van der Waals surface area (Å²) in [5.41, 5.74) is 0. The normalized spacial score (nSPS) is 21.5. The molecule has 0 aliphatic heterocycles. The SMILES string of the molecule is CCNC(=NCCNC(=O)C(C)C)NC1CCCC(SC)C1.I. The Kier molecular flexibility index (Phi) is 13.0. The van der Waals surface area contributed by atoms with Gasteiger partial charge in [-0.15, -0.1) is 24.0 Å². The van der Waals surface area contributed by atoms with Crippen LogP contribution in [0.2, 0.25) is 0 Å². The first-order chi connectivity index (χ1) is 10.6. The monoisotopic (exact) mass is 456 g/mol. The topological polar surface area (TPSA) is 65.5 Å². The molecule has 0 aromatic carbocycles. The van der Waals surface area contributed by atoms with E-state index in [0.29, 0.717) is 19.1 Å². The van der Waals surface area contributed by atoms with E-state index in [1.54, 1.807) is 0 Å². The molecule has 1 saturated carbocycles. The molecular weight excluding hydrogens is 423 g/mol. The summed E-state index contributed by atoms with van der Waals surface area (Å²) in [6.45, 7) is 7.91. The van der Waals surface area contributed by atoms with Crippen molar-refractivity contribution in [3.8, 4) is 0 Å². The number of rotatable bonds is 7. The molecule has 1 aliphatic rings. The van der Waals surface area contributed by atoms with Crippen LogP contribution in [0, 0.1) is 5.92 Å². The number of aliphatic imine (C=N–C) groups is 1. The van der Waals surface area contributed by atoms with Gasteiger partial charge in [0, 0.05) is 30.3 Å². The van der Waals surface area contributed by atoms with Crippen LogP contribution in [0.5, 0.6) is 0 Å². The lowest BCUT2D eigenvalue weighted by Gasteiger charge is -2.29. The van der Waals surface area contributed by atoms with Gasteiger partial charge < -0.3 is 16.0 Å². The van der Waals surface area contributed by atoms with Gasteiger partial charge in [0.1, 0.15) is 0 Å². The summed E-state index contributed by atoms with van der Waals surface area (Å²) in [5.74, 6) is 0.984. The van der Waals surface area contributed by atoms with Crippen molar-refractivity contribution in [1.82, 2.24) is 16.0 Å². The molecule has 7 heteroatoms. The highest BCUT2D eigenvalue weighted by Gasteiger charge is 2.21. The molecule has 0 saturated heterocycles. The van der Waals surface area contributed by atoms with Crippen LogP contribution in [0.15, 0.2) is 4.99 Å². The predicted molar refractivity (Wildman–Crippen MR) is 112 cm³/mol. The molecule has 0 aromatic heterocycles. The Labute approximate surface area is 162 Å². The largest absolute Gasteiger partial charge is 0.357 e.